The molecule has 0 amide bonds. The number of benzene rings is 1. The van der Waals surface area contributed by atoms with Gasteiger partial charge in [-0.1, -0.05) is 55.8 Å². The Bertz CT molecular complexity index is 584. The first kappa shape index (κ1) is 15.8. The van der Waals surface area contributed by atoms with E-state index in [9.17, 15) is 0 Å². The first-order valence-electron chi connectivity index (χ1n) is 7.43. The minimum absolute atomic E-state index is 0.411. The van der Waals surface area contributed by atoms with E-state index in [1.165, 1.54) is 5.56 Å². The molecule has 112 valence electrons. The fraction of sp³-hybridized carbons (Fsp3) is 0.412. The van der Waals surface area contributed by atoms with Crippen LogP contribution in [0.4, 0.5) is 5.82 Å². The molecule has 0 aliphatic carbocycles. The van der Waals surface area contributed by atoms with Crippen LogP contribution in [0.25, 0.3) is 0 Å². The van der Waals surface area contributed by atoms with Crippen LogP contribution in [0.15, 0.2) is 30.3 Å². The van der Waals surface area contributed by atoms with E-state index >= 15 is 0 Å². The molecule has 0 saturated carbocycles. The maximum absolute atomic E-state index is 6.20. The predicted molar refractivity (Wildman–Crippen MR) is 89.1 cm³/mol. The van der Waals surface area contributed by atoms with Crippen LogP contribution in [0.5, 0.6) is 0 Å². The lowest BCUT2D eigenvalue weighted by Gasteiger charge is -2.16. The number of aromatic nitrogens is 2. The van der Waals surface area contributed by atoms with Crippen molar-refractivity contribution in [2.45, 2.75) is 39.5 Å². The highest BCUT2D eigenvalue weighted by Crippen LogP contribution is 2.22. The second kappa shape index (κ2) is 7.41. The molecule has 1 atom stereocenters. The molecule has 21 heavy (non-hydrogen) atoms. The van der Waals surface area contributed by atoms with Crippen molar-refractivity contribution < 1.29 is 0 Å². The van der Waals surface area contributed by atoms with Gasteiger partial charge in [0, 0.05) is 18.5 Å². The normalized spacial score (nSPS) is 12.2. The lowest BCUT2D eigenvalue weighted by molar-refractivity contribution is 0.789. The monoisotopic (exact) mass is 303 g/mol. The minimum atomic E-state index is 0.411. The van der Waals surface area contributed by atoms with Gasteiger partial charge in [0.2, 0.25) is 0 Å². The van der Waals surface area contributed by atoms with Gasteiger partial charge in [0.05, 0.1) is 0 Å². The maximum Gasteiger partial charge on any atom is 0.137 e. The summed E-state index contributed by atoms with van der Waals surface area (Å²) in [4.78, 5) is 8.90. The Hall–Kier alpha value is -1.61. The van der Waals surface area contributed by atoms with Crippen LogP contribution in [-0.4, -0.2) is 16.5 Å². The summed E-state index contributed by atoms with van der Waals surface area (Å²) in [5.74, 6) is 2.07. The highest BCUT2D eigenvalue weighted by Gasteiger charge is 2.11. The third-order valence-corrected chi connectivity index (χ3v) is 3.92. The van der Waals surface area contributed by atoms with Gasteiger partial charge in [-0.3, -0.25) is 0 Å². The minimum Gasteiger partial charge on any atom is -0.369 e. The molecule has 2 rings (SSSR count). The van der Waals surface area contributed by atoms with Crippen LogP contribution in [0.1, 0.15) is 43.1 Å². The molecule has 0 radical (unpaired) electrons. The number of hydrogen-bond donors (Lipinski definition) is 1. The van der Waals surface area contributed by atoms with Gasteiger partial charge < -0.3 is 5.32 Å². The zero-order valence-corrected chi connectivity index (χ0v) is 13.6. The topological polar surface area (TPSA) is 37.8 Å². The van der Waals surface area contributed by atoms with Gasteiger partial charge in [-0.2, -0.15) is 0 Å². The van der Waals surface area contributed by atoms with Crippen LogP contribution in [-0.2, 0) is 6.42 Å². The summed E-state index contributed by atoms with van der Waals surface area (Å²) in [6.45, 7) is 7.09. The summed E-state index contributed by atoms with van der Waals surface area (Å²) < 4.78 is 0. The summed E-state index contributed by atoms with van der Waals surface area (Å²) in [7, 11) is 0. The third kappa shape index (κ3) is 4.18. The average Bonchev–Trinajstić information content (AvgIpc) is 2.50. The van der Waals surface area contributed by atoms with Gasteiger partial charge in [-0.05, 0) is 24.8 Å². The van der Waals surface area contributed by atoms with E-state index in [0.717, 1.165) is 36.6 Å². The molecule has 0 fully saturated rings. The fourth-order valence-electron chi connectivity index (χ4n) is 2.19. The zero-order chi connectivity index (χ0) is 15.2. The van der Waals surface area contributed by atoms with Gasteiger partial charge in [-0.15, -0.1) is 0 Å². The molecule has 4 heteroatoms. The van der Waals surface area contributed by atoms with Crippen molar-refractivity contribution in [2.75, 3.05) is 11.9 Å². The molecule has 1 aromatic heterocycles. The Labute approximate surface area is 131 Å². The number of hydrogen-bond acceptors (Lipinski definition) is 3. The summed E-state index contributed by atoms with van der Waals surface area (Å²) in [6.07, 6.45) is 1.86. The fourth-order valence-corrected chi connectivity index (χ4v) is 2.38. The van der Waals surface area contributed by atoms with E-state index in [1.54, 1.807) is 0 Å². The van der Waals surface area contributed by atoms with Crippen molar-refractivity contribution in [3.8, 4) is 0 Å². The molecular weight excluding hydrogens is 282 g/mol. The first-order chi connectivity index (χ1) is 10.1. The highest BCUT2D eigenvalue weighted by molar-refractivity contribution is 6.30. The Morgan fingerprint density at radius 3 is 2.57 bits per heavy atom. The van der Waals surface area contributed by atoms with E-state index in [4.69, 9.17) is 11.6 Å². The van der Waals surface area contributed by atoms with E-state index in [2.05, 4.69) is 53.4 Å². The van der Waals surface area contributed by atoms with E-state index in [-0.39, 0.29) is 0 Å². The molecule has 0 spiro atoms. The zero-order valence-electron chi connectivity index (χ0n) is 12.9. The molecule has 1 aromatic carbocycles. The van der Waals surface area contributed by atoms with Crippen molar-refractivity contribution in [3.63, 3.8) is 0 Å². The summed E-state index contributed by atoms with van der Waals surface area (Å²) in [6, 6.07) is 10.5. The van der Waals surface area contributed by atoms with E-state index < -0.39 is 0 Å². The number of rotatable bonds is 6. The molecule has 1 N–H and O–H groups in total. The van der Waals surface area contributed by atoms with Crippen molar-refractivity contribution in [3.05, 3.63) is 52.4 Å². The lowest BCUT2D eigenvalue weighted by atomic mass is 10.0. The summed E-state index contributed by atoms with van der Waals surface area (Å²) in [5, 5.41) is 3.96. The molecule has 0 aliphatic rings. The number of halogens is 1. The molecule has 1 unspecified atom stereocenters. The Kier molecular flexibility index (Phi) is 5.57. The van der Waals surface area contributed by atoms with Crippen LogP contribution < -0.4 is 5.32 Å². The van der Waals surface area contributed by atoms with Crippen LogP contribution >= 0.6 is 11.6 Å². The van der Waals surface area contributed by atoms with Crippen LogP contribution in [0.3, 0.4) is 0 Å². The summed E-state index contributed by atoms with van der Waals surface area (Å²) in [5.41, 5.74) is 2.23. The molecule has 0 aliphatic heterocycles. The molecule has 2 aromatic rings. The van der Waals surface area contributed by atoms with Crippen LogP contribution in [0, 0.1) is 6.92 Å². The quantitative estimate of drug-likeness (QED) is 0.792. The predicted octanol–water partition coefficient (Wildman–Crippen LogP) is 4.61. The van der Waals surface area contributed by atoms with Crippen molar-refractivity contribution in [1.29, 1.82) is 0 Å². The second-order valence-electron chi connectivity index (χ2n) is 5.35. The number of aryl methyl sites for hydroxylation is 1. The Balaban J connectivity index is 2.09. The van der Waals surface area contributed by atoms with Crippen molar-refractivity contribution in [2.24, 2.45) is 0 Å². The van der Waals surface area contributed by atoms with E-state index in [0.29, 0.717) is 11.1 Å². The number of nitrogens with zero attached hydrogens (tertiary/aromatic N) is 2. The standard InChI is InChI=1S/C17H22ClN3/c1-4-8-15-20-16(18)13(3)17(21-15)19-11-12(2)14-9-6-5-7-10-14/h5-7,9-10,12H,4,8,11H2,1-3H3,(H,19,20,21). The van der Waals surface area contributed by atoms with Crippen LogP contribution in [0.2, 0.25) is 5.15 Å². The SMILES string of the molecule is CCCc1nc(Cl)c(C)c(NCC(C)c2ccccc2)n1. The molecule has 0 saturated heterocycles. The summed E-state index contributed by atoms with van der Waals surface area (Å²) >= 11 is 6.20. The Morgan fingerprint density at radius 2 is 1.90 bits per heavy atom. The van der Waals surface area contributed by atoms with E-state index in [1.807, 2.05) is 13.0 Å². The lowest BCUT2D eigenvalue weighted by Crippen LogP contribution is -2.13. The third-order valence-electron chi connectivity index (χ3n) is 3.55. The smallest absolute Gasteiger partial charge is 0.137 e. The van der Waals surface area contributed by atoms with Gasteiger partial charge in [0.1, 0.15) is 16.8 Å². The van der Waals surface area contributed by atoms with Crippen molar-refractivity contribution in [1.82, 2.24) is 9.97 Å². The first-order valence-corrected chi connectivity index (χ1v) is 7.81. The largest absolute Gasteiger partial charge is 0.369 e. The van der Waals surface area contributed by atoms with Gasteiger partial charge in [-0.25, -0.2) is 9.97 Å². The van der Waals surface area contributed by atoms with Crippen molar-refractivity contribution >= 4 is 17.4 Å². The van der Waals surface area contributed by atoms with Gasteiger partial charge in [0.25, 0.3) is 0 Å². The molecule has 0 bridgehead atoms. The van der Waals surface area contributed by atoms with Gasteiger partial charge >= 0.3 is 0 Å². The average molecular weight is 304 g/mol. The highest BCUT2D eigenvalue weighted by atomic mass is 35.5. The second-order valence-corrected chi connectivity index (χ2v) is 5.70. The number of anilines is 1. The molecular formula is C17H22ClN3. The molecule has 3 nitrogen and oxygen atoms in total. The maximum atomic E-state index is 6.20. The molecule has 1 heterocycles. The Morgan fingerprint density at radius 1 is 1.19 bits per heavy atom. The van der Waals surface area contributed by atoms with Gasteiger partial charge in [0.15, 0.2) is 0 Å². The number of nitrogens with one attached hydrogen (secondary N) is 1.